The fourth-order valence-electron chi connectivity index (χ4n) is 2.93. The van der Waals surface area contributed by atoms with Crippen molar-refractivity contribution < 1.29 is 22.7 Å². The molecule has 1 amide bonds. The Bertz CT molecular complexity index is 928. The molecular weight excluding hydrogens is 439 g/mol. The lowest BCUT2D eigenvalue weighted by molar-refractivity contribution is -0.114. The van der Waals surface area contributed by atoms with Crippen molar-refractivity contribution in [2.45, 2.75) is 19.1 Å². The highest BCUT2D eigenvalue weighted by atomic mass is 19.4. The van der Waals surface area contributed by atoms with Crippen molar-refractivity contribution in [1.82, 2.24) is 20.4 Å². The minimum atomic E-state index is -4.70. The van der Waals surface area contributed by atoms with Crippen LogP contribution < -0.4 is 16.4 Å². The van der Waals surface area contributed by atoms with Gasteiger partial charge in [0, 0.05) is 38.5 Å². The number of nitrogens with one attached hydrogen (secondary N) is 3. The minimum Gasteiger partial charge on any atom is -0.379 e. The molecule has 1 unspecified atom stereocenters. The Labute approximate surface area is 189 Å². The Morgan fingerprint density at radius 2 is 2.24 bits per heavy atom. The Kier molecular flexibility index (Phi) is 9.43. The highest BCUT2D eigenvalue weighted by molar-refractivity contribution is 5.99. The molecular formula is C21H28F3N7O2. The molecule has 5 N–H and O–H groups in total. The predicted molar refractivity (Wildman–Crippen MR) is 120 cm³/mol. The first-order valence-corrected chi connectivity index (χ1v) is 10.1. The highest BCUT2D eigenvalue weighted by Gasteiger charge is 2.35. The number of morpholine rings is 1. The van der Waals surface area contributed by atoms with Gasteiger partial charge in [0.25, 0.3) is 5.91 Å². The molecule has 1 aromatic heterocycles. The number of aromatic nitrogens is 2. The molecule has 9 nitrogen and oxygen atoms in total. The molecule has 12 heteroatoms. The quantitative estimate of drug-likeness (QED) is 0.476. The van der Waals surface area contributed by atoms with Crippen LogP contribution >= 0.6 is 0 Å². The molecule has 0 bridgehead atoms. The maximum absolute atomic E-state index is 13.2. The summed E-state index contributed by atoms with van der Waals surface area (Å²) in [4.78, 5) is 16.9. The van der Waals surface area contributed by atoms with E-state index in [4.69, 9.17) is 10.5 Å². The number of H-pyrrole nitrogens is 1. The van der Waals surface area contributed by atoms with Gasteiger partial charge in [0.1, 0.15) is 17.3 Å². The third-order valence-electron chi connectivity index (χ3n) is 4.50. The van der Waals surface area contributed by atoms with Crippen LogP contribution in [0.3, 0.4) is 0 Å². The number of ether oxygens (including phenoxy) is 1. The fourth-order valence-corrected chi connectivity index (χ4v) is 2.93. The van der Waals surface area contributed by atoms with Crippen LogP contribution in [0.4, 0.5) is 19.0 Å². The van der Waals surface area contributed by atoms with E-state index in [2.05, 4.69) is 39.3 Å². The van der Waals surface area contributed by atoms with Gasteiger partial charge in [-0.05, 0) is 18.6 Å². The molecule has 1 atom stereocenters. The van der Waals surface area contributed by atoms with E-state index in [1.807, 2.05) is 0 Å². The van der Waals surface area contributed by atoms with Crippen molar-refractivity contribution in [3.05, 3.63) is 59.7 Å². The average molecular weight is 467 g/mol. The molecule has 0 aliphatic carbocycles. The zero-order chi connectivity index (χ0) is 24.4. The molecule has 1 aromatic rings. The Hall–Kier alpha value is -3.38. The number of halogens is 3. The summed E-state index contributed by atoms with van der Waals surface area (Å²) in [5, 5.41) is 12.6. The number of hydrogen-bond acceptors (Lipinski definition) is 7. The predicted octanol–water partition coefficient (Wildman–Crippen LogP) is 2.09. The number of likely N-dealkylation sites (N-methyl/N-ethyl adjacent to an activating group) is 1. The van der Waals surface area contributed by atoms with E-state index in [0.717, 1.165) is 38.1 Å². The number of alkyl halides is 3. The lowest BCUT2D eigenvalue weighted by Gasteiger charge is -2.29. The van der Waals surface area contributed by atoms with E-state index < -0.39 is 17.8 Å². The van der Waals surface area contributed by atoms with Crippen LogP contribution in [0.5, 0.6) is 0 Å². The number of carbonyl (C=O) groups is 1. The molecule has 0 aromatic carbocycles. The molecule has 0 saturated carbocycles. The first kappa shape index (κ1) is 25.9. The second-order valence-electron chi connectivity index (χ2n) is 7.19. The van der Waals surface area contributed by atoms with E-state index in [1.54, 1.807) is 18.0 Å². The summed E-state index contributed by atoms with van der Waals surface area (Å²) in [6.45, 7) is 8.45. The number of carbonyl (C=O) groups excluding carboxylic acids is 1. The summed E-state index contributed by atoms with van der Waals surface area (Å²) < 4.78 is 44.7. The third-order valence-corrected chi connectivity index (χ3v) is 4.50. The van der Waals surface area contributed by atoms with Crippen LogP contribution in [0.25, 0.3) is 0 Å². The number of amides is 1. The topological polar surface area (TPSA) is 121 Å². The van der Waals surface area contributed by atoms with Crippen LogP contribution in [-0.4, -0.2) is 72.8 Å². The largest absolute Gasteiger partial charge is 0.433 e. The molecule has 2 aliphatic rings. The summed E-state index contributed by atoms with van der Waals surface area (Å²) in [6, 6.07) is 2.16. The van der Waals surface area contributed by atoms with Gasteiger partial charge in [-0.1, -0.05) is 18.7 Å². The number of allylic oxidation sites excluding steroid dienone is 3. The number of hydrogen-bond donors (Lipinski definition) is 4. The first-order valence-electron chi connectivity index (χ1n) is 10.1. The van der Waals surface area contributed by atoms with Crippen LogP contribution in [0.1, 0.15) is 6.92 Å². The van der Waals surface area contributed by atoms with Gasteiger partial charge in [-0.2, -0.15) is 18.3 Å². The van der Waals surface area contributed by atoms with Crippen LogP contribution in [0.2, 0.25) is 0 Å². The molecule has 0 spiro atoms. The van der Waals surface area contributed by atoms with E-state index in [9.17, 15) is 18.0 Å². The van der Waals surface area contributed by atoms with E-state index in [-0.39, 0.29) is 23.5 Å². The molecule has 1 fully saturated rings. The van der Waals surface area contributed by atoms with Crippen LogP contribution in [-0.2, 0) is 9.53 Å². The number of nitrogens with two attached hydrogens (primary N) is 1. The smallest absolute Gasteiger partial charge is 0.379 e. The van der Waals surface area contributed by atoms with Crippen molar-refractivity contribution in [1.29, 1.82) is 0 Å². The number of nitrogens with zero attached hydrogens (tertiary/aromatic N) is 3. The SMILES string of the molecule is C=CC=N/C(=C/C1=CCN(C)C(Nc2ccn[nH]2)=C1C(N)=O)C(F)(F)F.CC1COCCN1. The minimum absolute atomic E-state index is 0.0196. The Morgan fingerprint density at radius 3 is 2.73 bits per heavy atom. The van der Waals surface area contributed by atoms with E-state index in [1.165, 1.54) is 12.3 Å². The highest BCUT2D eigenvalue weighted by Crippen LogP contribution is 2.31. The van der Waals surface area contributed by atoms with E-state index in [0.29, 0.717) is 11.9 Å². The van der Waals surface area contributed by atoms with Gasteiger partial charge in [0.05, 0.1) is 25.0 Å². The van der Waals surface area contributed by atoms with Gasteiger partial charge in [0.2, 0.25) is 0 Å². The lowest BCUT2D eigenvalue weighted by atomic mass is 10.00. The standard InChI is InChI=1S/C16H17F3N6O.C5H11NO/c1-3-6-21-11(16(17,18)19)9-10-5-8-25(2)15(13(10)14(20)26)23-12-4-7-22-24-12;1-5-4-7-3-2-6-5/h3-7,9H,1,8H2,2H3,(H2,20,26)(H2,22,23,24);5-6H,2-4H2,1H3/b11-9+,21-6?;. The van der Waals surface area contributed by atoms with Gasteiger partial charge in [-0.25, -0.2) is 0 Å². The lowest BCUT2D eigenvalue weighted by Crippen LogP contribution is -2.38. The average Bonchev–Trinajstić information content (AvgIpc) is 3.26. The molecule has 2 aliphatic heterocycles. The zero-order valence-corrected chi connectivity index (χ0v) is 18.4. The summed E-state index contributed by atoms with van der Waals surface area (Å²) in [6.07, 6.45) is 1.07. The van der Waals surface area contributed by atoms with Gasteiger partial charge in [-0.15, -0.1) is 0 Å². The van der Waals surface area contributed by atoms with Crippen molar-refractivity contribution >= 4 is 17.9 Å². The van der Waals surface area contributed by atoms with Gasteiger partial charge < -0.3 is 26.0 Å². The number of anilines is 1. The number of aromatic amines is 1. The maximum atomic E-state index is 13.2. The third kappa shape index (κ3) is 7.91. The molecule has 3 heterocycles. The van der Waals surface area contributed by atoms with Crippen molar-refractivity contribution in [3.63, 3.8) is 0 Å². The second kappa shape index (κ2) is 12.0. The number of aliphatic imine (C=N–C) groups is 1. The number of rotatable bonds is 6. The Balaban J connectivity index is 0.000000468. The van der Waals surface area contributed by atoms with Gasteiger partial charge in [-0.3, -0.25) is 14.9 Å². The Morgan fingerprint density at radius 1 is 1.48 bits per heavy atom. The monoisotopic (exact) mass is 467 g/mol. The molecule has 180 valence electrons. The maximum Gasteiger partial charge on any atom is 0.433 e. The van der Waals surface area contributed by atoms with Crippen molar-refractivity contribution in [3.8, 4) is 0 Å². The summed E-state index contributed by atoms with van der Waals surface area (Å²) in [5.74, 6) is -0.170. The van der Waals surface area contributed by atoms with Crippen LogP contribution in [0.15, 0.2) is 64.7 Å². The fraction of sp³-hybridized carbons (Fsp3) is 0.381. The molecule has 1 saturated heterocycles. The summed E-state index contributed by atoms with van der Waals surface area (Å²) in [5.41, 5.74) is 4.18. The normalized spacial score (nSPS) is 19.7. The van der Waals surface area contributed by atoms with Crippen molar-refractivity contribution in [2.24, 2.45) is 10.7 Å². The second-order valence-corrected chi connectivity index (χ2v) is 7.19. The number of primary amides is 1. The molecule has 3 rings (SSSR count). The van der Waals surface area contributed by atoms with E-state index >= 15 is 0 Å². The summed E-state index contributed by atoms with van der Waals surface area (Å²) >= 11 is 0. The first-order chi connectivity index (χ1) is 15.6. The molecule has 33 heavy (non-hydrogen) atoms. The van der Waals surface area contributed by atoms with Gasteiger partial charge >= 0.3 is 6.18 Å². The summed E-state index contributed by atoms with van der Waals surface area (Å²) in [7, 11) is 1.67. The van der Waals surface area contributed by atoms with Gasteiger partial charge in [0.15, 0.2) is 0 Å². The molecule has 0 radical (unpaired) electrons. The zero-order valence-electron chi connectivity index (χ0n) is 18.4. The van der Waals surface area contributed by atoms with Crippen molar-refractivity contribution in [2.75, 3.05) is 38.7 Å². The van der Waals surface area contributed by atoms with Crippen LogP contribution in [0, 0.1) is 0 Å².